The molecule has 0 amide bonds. The fourth-order valence-electron chi connectivity index (χ4n) is 2.26. The van der Waals surface area contributed by atoms with Gasteiger partial charge in [0.2, 0.25) is 0 Å². The van der Waals surface area contributed by atoms with E-state index in [0.717, 1.165) is 6.42 Å². The minimum Gasteiger partial charge on any atom is -0.460 e. The number of rotatable bonds is 2. The van der Waals surface area contributed by atoms with Crippen molar-refractivity contribution in [1.82, 2.24) is 0 Å². The Kier molecular flexibility index (Phi) is 4.46. The highest BCUT2D eigenvalue weighted by atomic mass is 16.6. The molecule has 0 aromatic heterocycles. The molecule has 0 N–H and O–H groups in total. The largest absolute Gasteiger partial charge is 0.460 e. The van der Waals surface area contributed by atoms with Crippen molar-refractivity contribution in [3.05, 3.63) is 59.7 Å². The van der Waals surface area contributed by atoms with Gasteiger partial charge in [-0.25, -0.2) is 0 Å². The maximum atomic E-state index is 10.2. The summed E-state index contributed by atoms with van der Waals surface area (Å²) in [4.78, 5) is 10.2. The SMILES string of the molecule is CC(=O)OC(C)(C)C.c1ccc(Cc2cc3ccc2-3)cc1. The molecule has 1 aromatic carbocycles. The first-order valence-corrected chi connectivity index (χ1v) is 7.22. The van der Waals surface area contributed by atoms with Crippen LogP contribution in [0.4, 0.5) is 0 Å². The zero-order valence-electron chi connectivity index (χ0n) is 13.1. The summed E-state index contributed by atoms with van der Waals surface area (Å²) in [6.07, 6.45) is 1.09. The van der Waals surface area contributed by atoms with Gasteiger partial charge in [0.1, 0.15) is 5.60 Å². The summed E-state index contributed by atoms with van der Waals surface area (Å²) in [5.41, 5.74) is 5.48. The van der Waals surface area contributed by atoms with E-state index in [1.54, 1.807) is 0 Å². The smallest absolute Gasteiger partial charge is 0.303 e. The Hall–Kier alpha value is -2.09. The fourth-order valence-corrected chi connectivity index (χ4v) is 2.26. The van der Waals surface area contributed by atoms with Crippen LogP contribution in [-0.4, -0.2) is 11.6 Å². The summed E-state index contributed by atoms with van der Waals surface area (Å²) in [5.74, 6) is -0.225. The minimum atomic E-state index is -0.328. The first-order chi connectivity index (χ1) is 9.85. The summed E-state index contributed by atoms with van der Waals surface area (Å²) in [6, 6.07) is 17.3. The molecule has 0 atom stereocenters. The van der Waals surface area contributed by atoms with Gasteiger partial charge in [-0.2, -0.15) is 0 Å². The molecule has 1 aromatic rings. The Balaban J connectivity index is 0.000000177. The van der Waals surface area contributed by atoms with Crippen LogP contribution in [0.1, 0.15) is 38.8 Å². The second-order valence-electron chi connectivity index (χ2n) is 6.24. The van der Waals surface area contributed by atoms with E-state index in [9.17, 15) is 4.79 Å². The van der Waals surface area contributed by atoms with Crippen molar-refractivity contribution < 1.29 is 9.53 Å². The molecule has 0 saturated heterocycles. The van der Waals surface area contributed by atoms with Crippen molar-refractivity contribution in [2.75, 3.05) is 0 Å². The Labute approximate surface area is 126 Å². The lowest BCUT2D eigenvalue weighted by atomic mass is 9.84. The fraction of sp³-hybridized carbons (Fsp3) is 0.316. The van der Waals surface area contributed by atoms with Crippen LogP contribution >= 0.6 is 0 Å². The number of hydrogen-bond donors (Lipinski definition) is 0. The predicted octanol–water partition coefficient (Wildman–Crippen LogP) is 4.61. The average Bonchev–Trinajstić information content (AvgIpc) is 2.34. The van der Waals surface area contributed by atoms with Crippen molar-refractivity contribution in [3.8, 4) is 11.1 Å². The second kappa shape index (κ2) is 6.13. The van der Waals surface area contributed by atoms with Gasteiger partial charge in [-0.1, -0.05) is 48.5 Å². The first kappa shape index (κ1) is 15.3. The van der Waals surface area contributed by atoms with E-state index < -0.39 is 0 Å². The molecule has 0 spiro atoms. The van der Waals surface area contributed by atoms with Crippen LogP contribution in [-0.2, 0) is 16.0 Å². The highest BCUT2D eigenvalue weighted by Gasteiger charge is 2.15. The van der Waals surface area contributed by atoms with Crippen LogP contribution in [0.3, 0.4) is 0 Å². The number of benzene rings is 2. The van der Waals surface area contributed by atoms with Gasteiger partial charge in [0.25, 0.3) is 0 Å². The first-order valence-electron chi connectivity index (χ1n) is 7.22. The number of carbonyl (C=O) groups excluding carboxylic acids is 1. The van der Waals surface area contributed by atoms with Gasteiger partial charge in [0, 0.05) is 6.92 Å². The number of fused-ring (bicyclic) bond motifs is 1. The van der Waals surface area contributed by atoms with E-state index in [2.05, 4.69) is 48.5 Å². The molecule has 0 aliphatic heterocycles. The average molecular weight is 282 g/mol. The molecule has 21 heavy (non-hydrogen) atoms. The third-order valence-corrected chi connectivity index (χ3v) is 3.10. The van der Waals surface area contributed by atoms with Crippen LogP contribution in [0.25, 0.3) is 11.1 Å². The molecule has 2 aliphatic carbocycles. The predicted molar refractivity (Wildman–Crippen MR) is 86.2 cm³/mol. The lowest BCUT2D eigenvalue weighted by Gasteiger charge is -2.20. The van der Waals surface area contributed by atoms with E-state index in [-0.39, 0.29) is 11.6 Å². The minimum absolute atomic E-state index is 0.225. The highest BCUT2D eigenvalue weighted by Crippen LogP contribution is 2.37. The van der Waals surface area contributed by atoms with Gasteiger partial charge in [0.05, 0.1) is 0 Å². The third kappa shape index (κ3) is 4.45. The van der Waals surface area contributed by atoms with Gasteiger partial charge in [0.15, 0.2) is 0 Å². The maximum absolute atomic E-state index is 10.2. The van der Waals surface area contributed by atoms with Gasteiger partial charge >= 0.3 is 5.97 Å². The molecule has 3 rings (SSSR count). The topological polar surface area (TPSA) is 26.3 Å². The summed E-state index contributed by atoms with van der Waals surface area (Å²) < 4.78 is 4.80. The Morgan fingerprint density at radius 3 is 2.05 bits per heavy atom. The van der Waals surface area contributed by atoms with Crippen molar-refractivity contribution >= 4 is 5.97 Å². The van der Waals surface area contributed by atoms with Gasteiger partial charge < -0.3 is 4.74 Å². The maximum Gasteiger partial charge on any atom is 0.303 e. The number of esters is 1. The molecule has 0 fully saturated rings. The van der Waals surface area contributed by atoms with Crippen molar-refractivity contribution in [3.63, 3.8) is 0 Å². The van der Waals surface area contributed by atoms with Crippen molar-refractivity contribution in [1.29, 1.82) is 0 Å². The Morgan fingerprint density at radius 1 is 1.05 bits per heavy atom. The number of hydrogen-bond acceptors (Lipinski definition) is 2. The van der Waals surface area contributed by atoms with Crippen LogP contribution in [0.2, 0.25) is 0 Å². The van der Waals surface area contributed by atoms with Gasteiger partial charge in [-0.15, -0.1) is 0 Å². The highest BCUT2D eigenvalue weighted by molar-refractivity contribution is 5.81. The zero-order chi connectivity index (χ0) is 15.5. The molecule has 2 heteroatoms. The molecule has 110 valence electrons. The quantitative estimate of drug-likeness (QED) is 0.642. The summed E-state index contributed by atoms with van der Waals surface area (Å²) in [7, 11) is 0. The summed E-state index contributed by atoms with van der Waals surface area (Å²) in [5, 5.41) is 0. The van der Waals surface area contributed by atoms with E-state index in [4.69, 9.17) is 4.74 Å². The Bertz CT molecular complexity index is 616. The van der Waals surface area contributed by atoms with Gasteiger partial charge in [-0.3, -0.25) is 4.79 Å². The normalized spacial score (nSPS) is 11.2. The van der Waals surface area contributed by atoms with E-state index in [1.165, 1.54) is 29.2 Å². The molecule has 0 bridgehead atoms. The van der Waals surface area contributed by atoms with Crippen LogP contribution < -0.4 is 0 Å². The molecule has 0 saturated carbocycles. The van der Waals surface area contributed by atoms with Crippen LogP contribution in [0.5, 0.6) is 0 Å². The van der Waals surface area contributed by atoms with Gasteiger partial charge in [-0.05, 0) is 49.4 Å². The molecular formula is C19H22O2. The van der Waals surface area contributed by atoms with Crippen LogP contribution in [0.15, 0.2) is 48.5 Å². The van der Waals surface area contributed by atoms with Crippen molar-refractivity contribution in [2.45, 2.75) is 39.7 Å². The summed E-state index contributed by atoms with van der Waals surface area (Å²) >= 11 is 0. The summed E-state index contributed by atoms with van der Waals surface area (Å²) in [6.45, 7) is 6.93. The lowest BCUT2D eigenvalue weighted by molar-refractivity contribution is -0.151. The second-order valence-corrected chi connectivity index (χ2v) is 6.24. The monoisotopic (exact) mass is 282 g/mol. The molecule has 0 unspecified atom stereocenters. The zero-order valence-corrected chi connectivity index (χ0v) is 13.1. The van der Waals surface area contributed by atoms with Crippen LogP contribution in [0, 0.1) is 0 Å². The van der Waals surface area contributed by atoms with E-state index in [1.807, 2.05) is 20.8 Å². The molecule has 2 aliphatic rings. The van der Waals surface area contributed by atoms with E-state index >= 15 is 0 Å². The molecular weight excluding hydrogens is 260 g/mol. The van der Waals surface area contributed by atoms with E-state index in [0.29, 0.717) is 0 Å². The van der Waals surface area contributed by atoms with Crippen molar-refractivity contribution in [2.24, 2.45) is 0 Å². The number of carbonyl (C=O) groups is 1. The standard InChI is InChI=1S/C13H10.C6H12O2/c1-2-4-10(5-3-1)8-12-9-11-6-7-13(11)12;1-5(7)8-6(2,3)4/h1-7,9H,8H2;1-4H3. The molecule has 2 nitrogen and oxygen atoms in total. The molecule has 0 radical (unpaired) electrons. The molecule has 0 heterocycles. The third-order valence-electron chi connectivity index (χ3n) is 3.10. The lowest BCUT2D eigenvalue weighted by Crippen LogP contribution is -2.21. The number of ether oxygens (including phenoxy) is 1. The Morgan fingerprint density at radius 2 is 1.71 bits per heavy atom.